The Morgan fingerprint density at radius 3 is 2.30 bits per heavy atom. The molecule has 1 aliphatic carbocycles. The van der Waals surface area contributed by atoms with Crippen LogP contribution in [0.15, 0.2) is 0 Å². The lowest BCUT2D eigenvalue weighted by atomic mass is 9.93. The maximum atomic E-state index is 9.61. The summed E-state index contributed by atoms with van der Waals surface area (Å²) >= 11 is 0. The van der Waals surface area contributed by atoms with E-state index >= 15 is 0 Å². The quantitative estimate of drug-likeness (QED) is 0.595. The smallest absolute Gasteiger partial charge is 0.0622 e. The molecule has 1 aliphatic rings. The molecule has 1 saturated carbocycles. The van der Waals surface area contributed by atoms with E-state index in [0.717, 1.165) is 24.7 Å². The van der Waals surface area contributed by atoms with Gasteiger partial charge in [-0.15, -0.1) is 0 Å². The fraction of sp³-hybridized carbons (Fsp3) is 1.00. The molecular formula is C9H18O. The molecule has 2 atom stereocenters. The van der Waals surface area contributed by atoms with Crippen molar-refractivity contribution in [1.82, 2.24) is 0 Å². The maximum absolute atomic E-state index is 9.61. The number of rotatable bonds is 1. The summed E-state index contributed by atoms with van der Waals surface area (Å²) in [5.74, 6) is 1.50. The van der Waals surface area contributed by atoms with E-state index in [9.17, 15) is 5.11 Å². The summed E-state index contributed by atoms with van der Waals surface area (Å²) in [4.78, 5) is 0. The molecule has 0 aromatic heterocycles. The van der Waals surface area contributed by atoms with Crippen molar-refractivity contribution in [2.75, 3.05) is 0 Å². The van der Waals surface area contributed by atoms with Crippen LogP contribution in [-0.2, 0) is 0 Å². The first-order valence-electron chi connectivity index (χ1n) is 4.24. The van der Waals surface area contributed by atoms with E-state index in [1.165, 1.54) is 6.42 Å². The Bertz CT molecular complexity index is 116. The molecule has 0 aliphatic heterocycles. The van der Waals surface area contributed by atoms with Gasteiger partial charge >= 0.3 is 0 Å². The zero-order chi connectivity index (χ0) is 7.78. The Kier molecular flexibility index (Phi) is 2.04. The molecule has 0 bridgehead atoms. The SMILES string of the molecule is CC(C)C1CCC(C)(O)C1. The molecule has 10 heavy (non-hydrogen) atoms. The topological polar surface area (TPSA) is 20.2 Å². The minimum atomic E-state index is -0.352. The second-order valence-corrected chi connectivity index (χ2v) is 4.24. The normalized spacial score (nSPS) is 41.1. The number of aliphatic hydroxyl groups is 1. The predicted molar refractivity (Wildman–Crippen MR) is 42.8 cm³/mol. The number of hydrogen-bond donors (Lipinski definition) is 1. The molecule has 1 nitrogen and oxygen atoms in total. The largest absolute Gasteiger partial charge is 0.390 e. The van der Waals surface area contributed by atoms with E-state index in [0.29, 0.717) is 0 Å². The molecule has 0 aromatic rings. The van der Waals surface area contributed by atoms with Crippen LogP contribution in [0.2, 0.25) is 0 Å². The summed E-state index contributed by atoms with van der Waals surface area (Å²) in [6, 6.07) is 0. The fourth-order valence-electron chi connectivity index (χ4n) is 1.83. The summed E-state index contributed by atoms with van der Waals surface area (Å²) in [6.45, 7) is 6.44. The highest BCUT2D eigenvalue weighted by atomic mass is 16.3. The summed E-state index contributed by atoms with van der Waals surface area (Å²) in [5.41, 5.74) is -0.352. The molecule has 0 heterocycles. The highest BCUT2D eigenvalue weighted by Crippen LogP contribution is 2.37. The van der Waals surface area contributed by atoms with Crippen LogP contribution in [0.5, 0.6) is 0 Å². The van der Waals surface area contributed by atoms with Crippen LogP contribution in [0.1, 0.15) is 40.0 Å². The fourth-order valence-corrected chi connectivity index (χ4v) is 1.83. The van der Waals surface area contributed by atoms with E-state index in [1.807, 2.05) is 6.92 Å². The predicted octanol–water partition coefficient (Wildman–Crippen LogP) is 2.19. The molecule has 0 spiro atoms. The van der Waals surface area contributed by atoms with E-state index in [2.05, 4.69) is 13.8 Å². The molecule has 0 aromatic carbocycles. The van der Waals surface area contributed by atoms with Gasteiger partial charge in [-0.25, -0.2) is 0 Å². The van der Waals surface area contributed by atoms with Gasteiger partial charge in [-0.1, -0.05) is 13.8 Å². The van der Waals surface area contributed by atoms with Crippen LogP contribution in [0, 0.1) is 11.8 Å². The average Bonchev–Trinajstić information content (AvgIpc) is 2.10. The second-order valence-electron chi connectivity index (χ2n) is 4.24. The lowest BCUT2D eigenvalue weighted by Crippen LogP contribution is -2.19. The first kappa shape index (κ1) is 8.06. The van der Waals surface area contributed by atoms with E-state index in [4.69, 9.17) is 0 Å². The van der Waals surface area contributed by atoms with Gasteiger partial charge in [-0.3, -0.25) is 0 Å². The Balaban J connectivity index is 2.43. The summed E-state index contributed by atoms with van der Waals surface area (Å²) < 4.78 is 0. The van der Waals surface area contributed by atoms with Crippen LogP contribution < -0.4 is 0 Å². The Morgan fingerprint density at radius 2 is 2.10 bits per heavy atom. The Morgan fingerprint density at radius 1 is 1.50 bits per heavy atom. The average molecular weight is 142 g/mol. The monoisotopic (exact) mass is 142 g/mol. The van der Waals surface area contributed by atoms with Crippen molar-refractivity contribution in [2.45, 2.75) is 45.6 Å². The van der Waals surface area contributed by atoms with Gasteiger partial charge in [0.15, 0.2) is 0 Å². The van der Waals surface area contributed by atoms with Gasteiger partial charge in [0.05, 0.1) is 5.60 Å². The molecule has 1 heteroatoms. The third-order valence-corrected chi connectivity index (χ3v) is 2.70. The van der Waals surface area contributed by atoms with Crippen molar-refractivity contribution in [3.05, 3.63) is 0 Å². The minimum Gasteiger partial charge on any atom is -0.390 e. The standard InChI is InChI=1S/C9H18O/c1-7(2)8-4-5-9(3,10)6-8/h7-8,10H,4-6H2,1-3H3. The molecule has 2 unspecified atom stereocenters. The molecule has 60 valence electrons. The van der Waals surface area contributed by atoms with Crippen molar-refractivity contribution in [1.29, 1.82) is 0 Å². The first-order valence-corrected chi connectivity index (χ1v) is 4.24. The summed E-state index contributed by atoms with van der Waals surface area (Å²) in [6.07, 6.45) is 3.21. The zero-order valence-electron chi connectivity index (χ0n) is 7.22. The van der Waals surface area contributed by atoms with Crippen molar-refractivity contribution in [3.8, 4) is 0 Å². The molecule has 0 amide bonds. The van der Waals surface area contributed by atoms with Crippen LogP contribution in [0.25, 0.3) is 0 Å². The summed E-state index contributed by atoms with van der Waals surface area (Å²) in [5, 5.41) is 9.61. The second kappa shape index (κ2) is 2.54. The van der Waals surface area contributed by atoms with E-state index in [-0.39, 0.29) is 5.60 Å². The molecule has 1 N–H and O–H groups in total. The zero-order valence-corrected chi connectivity index (χ0v) is 7.22. The Labute approximate surface area is 63.4 Å². The van der Waals surface area contributed by atoms with Gasteiger partial charge in [0.2, 0.25) is 0 Å². The van der Waals surface area contributed by atoms with Crippen molar-refractivity contribution in [3.63, 3.8) is 0 Å². The third kappa shape index (κ3) is 1.72. The molecule has 1 rings (SSSR count). The lowest BCUT2D eigenvalue weighted by Gasteiger charge is -2.17. The molecule has 0 radical (unpaired) electrons. The number of hydrogen-bond acceptors (Lipinski definition) is 1. The highest BCUT2D eigenvalue weighted by molar-refractivity contribution is 4.86. The van der Waals surface area contributed by atoms with Crippen molar-refractivity contribution in [2.24, 2.45) is 11.8 Å². The van der Waals surface area contributed by atoms with Crippen molar-refractivity contribution >= 4 is 0 Å². The van der Waals surface area contributed by atoms with Crippen LogP contribution in [-0.4, -0.2) is 10.7 Å². The van der Waals surface area contributed by atoms with Gasteiger partial charge < -0.3 is 5.11 Å². The molecular weight excluding hydrogens is 124 g/mol. The van der Waals surface area contributed by atoms with Crippen molar-refractivity contribution < 1.29 is 5.11 Å². The minimum absolute atomic E-state index is 0.352. The lowest BCUT2D eigenvalue weighted by molar-refractivity contribution is 0.0610. The third-order valence-electron chi connectivity index (χ3n) is 2.70. The van der Waals surface area contributed by atoms with Gasteiger partial charge in [-0.05, 0) is 38.0 Å². The van der Waals surface area contributed by atoms with Gasteiger partial charge in [0, 0.05) is 0 Å². The van der Waals surface area contributed by atoms with Crippen LogP contribution >= 0.6 is 0 Å². The summed E-state index contributed by atoms with van der Waals surface area (Å²) in [7, 11) is 0. The van der Waals surface area contributed by atoms with Gasteiger partial charge in [0.1, 0.15) is 0 Å². The molecule has 0 saturated heterocycles. The van der Waals surface area contributed by atoms with E-state index < -0.39 is 0 Å². The highest BCUT2D eigenvalue weighted by Gasteiger charge is 2.33. The van der Waals surface area contributed by atoms with E-state index in [1.54, 1.807) is 0 Å². The van der Waals surface area contributed by atoms with Crippen LogP contribution in [0.3, 0.4) is 0 Å². The van der Waals surface area contributed by atoms with Gasteiger partial charge in [-0.2, -0.15) is 0 Å². The first-order chi connectivity index (χ1) is 4.51. The maximum Gasteiger partial charge on any atom is 0.0622 e. The van der Waals surface area contributed by atoms with Gasteiger partial charge in [0.25, 0.3) is 0 Å². The molecule has 1 fully saturated rings. The Hall–Kier alpha value is -0.0400. The van der Waals surface area contributed by atoms with Crippen LogP contribution in [0.4, 0.5) is 0 Å².